The van der Waals surface area contributed by atoms with E-state index in [2.05, 4.69) is 12.1 Å². The average molecular weight is 159 g/mol. The van der Waals surface area contributed by atoms with Crippen molar-refractivity contribution in [2.24, 2.45) is 5.16 Å². The van der Waals surface area contributed by atoms with E-state index in [1.54, 1.807) is 6.92 Å². The smallest absolute Gasteiger partial charge is 0.222 e. The van der Waals surface area contributed by atoms with Crippen LogP contribution in [0.4, 0.5) is 0 Å². The summed E-state index contributed by atoms with van der Waals surface area (Å²) in [6, 6.07) is 0. The first-order valence-corrected chi connectivity index (χ1v) is 4.10. The molecule has 3 heteroatoms. The fraction of sp³-hybridized carbons (Fsp3) is 0.875. The summed E-state index contributed by atoms with van der Waals surface area (Å²) in [5.41, 5.74) is 0. The van der Waals surface area contributed by atoms with E-state index in [9.17, 15) is 0 Å². The molecule has 0 aromatic heterocycles. The van der Waals surface area contributed by atoms with E-state index < -0.39 is 0 Å². The number of hydrogen-bond acceptors (Lipinski definition) is 3. The van der Waals surface area contributed by atoms with Crippen molar-refractivity contribution in [3.8, 4) is 0 Å². The van der Waals surface area contributed by atoms with E-state index in [0.29, 0.717) is 19.1 Å². The van der Waals surface area contributed by atoms with Crippen LogP contribution in [-0.4, -0.2) is 19.1 Å². The number of hydrogen-bond donors (Lipinski definition) is 0. The van der Waals surface area contributed by atoms with Gasteiger partial charge in [0.05, 0.1) is 6.61 Å². The summed E-state index contributed by atoms with van der Waals surface area (Å²) < 4.78 is 5.05. The van der Waals surface area contributed by atoms with Crippen LogP contribution in [0.15, 0.2) is 5.16 Å². The van der Waals surface area contributed by atoms with Crippen LogP contribution in [0.25, 0.3) is 0 Å². The number of rotatable bonds is 5. The number of oxime groups is 1. The maximum Gasteiger partial charge on any atom is 0.222 e. The van der Waals surface area contributed by atoms with Gasteiger partial charge in [-0.05, 0) is 13.3 Å². The molecule has 3 nitrogen and oxygen atoms in total. The molecule has 0 rings (SSSR count). The van der Waals surface area contributed by atoms with Gasteiger partial charge in [0.15, 0.2) is 0 Å². The Morgan fingerprint density at radius 2 is 2.09 bits per heavy atom. The van der Waals surface area contributed by atoms with Crippen molar-refractivity contribution in [3.05, 3.63) is 0 Å². The van der Waals surface area contributed by atoms with E-state index in [1.807, 2.05) is 6.92 Å². The van der Waals surface area contributed by atoms with Crippen LogP contribution in [-0.2, 0) is 9.57 Å². The van der Waals surface area contributed by atoms with E-state index in [1.165, 1.54) is 0 Å². The Labute approximate surface area is 68.4 Å². The fourth-order valence-electron chi connectivity index (χ4n) is 0.581. The Kier molecular flexibility index (Phi) is 6.89. The van der Waals surface area contributed by atoms with Gasteiger partial charge in [0, 0.05) is 6.92 Å². The fourth-order valence-corrected chi connectivity index (χ4v) is 0.581. The molecule has 0 bridgehead atoms. The molecule has 0 aromatic carbocycles. The van der Waals surface area contributed by atoms with Crippen LogP contribution in [0.1, 0.15) is 33.6 Å². The van der Waals surface area contributed by atoms with Gasteiger partial charge in [0.1, 0.15) is 6.61 Å². The van der Waals surface area contributed by atoms with Gasteiger partial charge in [-0.2, -0.15) is 0 Å². The number of nitrogens with zero attached hydrogens (tertiary/aromatic N) is 1. The highest BCUT2D eigenvalue weighted by atomic mass is 16.6. The molecule has 0 aromatic rings. The third-order valence-corrected chi connectivity index (χ3v) is 1.14. The van der Waals surface area contributed by atoms with Crippen LogP contribution >= 0.6 is 0 Å². The standard InChI is InChI=1S/C8H17NO2/c1-4-6-7-11-9-8(3)10-5-2/h4-7H2,1-3H3. The van der Waals surface area contributed by atoms with Gasteiger partial charge in [0.2, 0.25) is 5.90 Å². The average Bonchev–Trinajstić information content (AvgIpc) is 1.99. The Morgan fingerprint density at radius 1 is 1.36 bits per heavy atom. The lowest BCUT2D eigenvalue weighted by Gasteiger charge is -2.01. The molecule has 0 saturated carbocycles. The highest BCUT2D eigenvalue weighted by Crippen LogP contribution is 1.89. The zero-order chi connectivity index (χ0) is 8.53. The lowest BCUT2D eigenvalue weighted by Crippen LogP contribution is -2.00. The van der Waals surface area contributed by atoms with Gasteiger partial charge in [-0.3, -0.25) is 0 Å². The van der Waals surface area contributed by atoms with E-state index in [4.69, 9.17) is 9.57 Å². The molecular weight excluding hydrogens is 142 g/mol. The zero-order valence-electron chi connectivity index (χ0n) is 7.59. The molecule has 0 unspecified atom stereocenters. The second kappa shape index (κ2) is 7.38. The van der Waals surface area contributed by atoms with E-state index >= 15 is 0 Å². The summed E-state index contributed by atoms with van der Waals surface area (Å²) in [5, 5.41) is 3.75. The Bertz CT molecular complexity index is 113. The maximum atomic E-state index is 5.05. The largest absolute Gasteiger partial charge is 0.479 e. The third kappa shape index (κ3) is 7.16. The molecule has 0 spiro atoms. The molecule has 0 amide bonds. The number of unbranched alkanes of at least 4 members (excludes halogenated alkanes) is 1. The Hall–Kier alpha value is -0.730. The van der Waals surface area contributed by atoms with Gasteiger partial charge in [-0.25, -0.2) is 0 Å². The van der Waals surface area contributed by atoms with Gasteiger partial charge in [-0.15, -0.1) is 0 Å². The van der Waals surface area contributed by atoms with Crippen molar-refractivity contribution in [1.29, 1.82) is 0 Å². The van der Waals surface area contributed by atoms with Crippen molar-refractivity contribution in [2.75, 3.05) is 13.2 Å². The van der Waals surface area contributed by atoms with Crippen LogP contribution in [0.3, 0.4) is 0 Å². The van der Waals surface area contributed by atoms with Crippen LogP contribution < -0.4 is 0 Å². The first-order valence-electron chi connectivity index (χ1n) is 4.10. The van der Waals surface area contributed by atoms with Crippen molar-refractivity contribution in [1.82, 2.24) is 0 Å². The predicted octanol–water partition coefficient (Wildman–Crippen LogP) is 2.17. The first kappa shape index (κ1) is 10.3. The number of ether oxygens (including phenoxy) is 1. The van der Waals surface area contributed by atoms with E-state index in [0.717, 1.165) is 12.8 Å². The third-order valence-electron chi connectivity index (χ3n) is 1.14. The highest BCUT2D eigenvalue weighted by molar-refractivity contribution is 5.72. The first-order chi connectivity index (χ1) is 5.31. The van der Waals surface area contributed by atoms with Crippen molar-refractivity contribution < 1.29 is 9.57 Å². The second-order valence-electron chi connectivity index (χ2n) is 2.23. The van der Waals surface area contributed by atoms with Crippen LogP contribution in [0.2, 0.25) is 0 Å². The molecule has 0 aliphatic rings. The molecule has 0 atom stereocenters. The van der Waals surface area contributed by atoms with Gasteiger partial charge < -0.3 is 9.57 Å². The molecule has 0 fully saturated rings. The maximum absolute atomic E-state index is 5.05. The molecular formula is C8H17NO2. The molecule has 0 saturated heterocycles. The molecule has 0 aliphatic carbocycles. The summed E-state index contributed by atoms with van der Waals surface area (Å²) in [6.45, 7) is 7.15. The quantitative estimate of drug-likeness (QED) is 0.266. The molecule has 0 N–H and O–H groups in total. The van der Waals surface area contributed by atoms with Crippen LogP contribution in [0, 0.1) is 0 Å². The van der Waals surface area contributed by atoms with Crippen molar-refractivity contribution in [3.63, 3.8) is 0 Å². The topological polar surface area (TPSA) is 30.8 Å². The van der Waals surface area contributed by atoms with Crippen LogP contribution in [0.5, 0.6) is 0 Å². The van der Waals surface area contributed by atoms with Crippen molar-refractivity contribution >= 4 is 5.90 Å². The summed E-state index contributed by atoms with van der Waals surface area (Å²) in [7, 11) is 0. The highest BCUT2D eigenvalue weighted by Gasteiger charge is 1.88. The van der Waals surface area contributed by atoms with Gasteiger partial charge in [0.25, 0.3) is 0 Å². The molecule has 11 heavy (non-hydrogen) atoms. The summed E-state index contributed by atoms with van der Waals surface area (Å²) in [4.78, 5) is 4.95. The molecule has 0 heterocycles. The lowest BCUT2D eigenvalue weighted by molar-refractivity contribution is 0.129. The minimum atomic E-state index is 0.601. The molecule has 66 valence electrons. The van der Waals surface area contributed by atoms with E-state index in [-0.39, 0.29) is 0 Å². The zero-order valence-corrected chi connectivity index (χ0v) is 7.59. The van der Waals surface area contributed by atoms with Gasteiger partial charge in [-0.1, -0.05) is 18.5 Å². The summed E-state index contributed by atoms with van der Waals surface area (Å²) >= 11 is 0. The predicted molar refractivity (Wildman–Crippen MR) is 45.6 cm³/mol. The minimum Gasteiger partial charge on any atom is -0.479 e. The lowest BCUT2D eigenvalue weighted by atomic mass is 10.4. The SMILES string of the molecule is CCCCON=C(C)OCC. The Morgan fingerprint density at radius 3 is 2.64 bits per heavy atom. The minimum absolute atomic E-state index is 0.601. The second-order valence-corrected chi connectivity index (χ2v) is 2.23. The normalized spacial score (nSPS) is 11.4. The molecule has 0 aliphatic heterocycles. The van der Waals surface area contributed by atoms with Gasteiger partial charge >= 0.3 is 0 Å². The monoisotopic (exact) mass is 159 g/mol. The molecule has 0 radical (unpaired) electrons. The summed E-state index contributed by atoms with van der Waals surface area (Å²) in [5.74, 6) is 0.601. The Balaban J connectivity index is 3.24. The summed E-state index contributed by atoms with van der Waals surface area (Å²) in [6.07, 6.45) is 2.17. The van der Waals surface area contributed by atoms with Crippen molar-refractivity contribution in [2.45, 2.75) is 33.6 Å².